The predicted octanol–water partition coefficient (Wildman–Crippen LogP) is 1.30. The number of anilines is 1. The fourth-order valence-corrected chi connectivity index (χ4v) is 2.60. The quantitative estimate of drug-likeness (QED) is 0.908. The maximum atomic E-state index is 12.0. The normalized spacial score (nSPS) is 11.7. The fourth-order valence-electron chi connectivity index (χ4n) is 1.54. The number of rotatable bonds is 3. The number of nitrogens with two attached hydrogens (primary N) is 1. The molecule has 0 aliphatic heterocycles. The van der Waals surface area contributed by atoms with E-state index in [0.717, 1.165) is 5.56 Å². The van der Waals surface area contributed by atoms with E-state index in [4.69, 9.17) is 5.73 Å². The van der Waals surface area contributed by atoms with Crippen LogP contribution in [0, 0.1) is 0 Å². The standard InChI is InChI=1S/C12H14N4O2S/c1-8(2)19(17,18)10-5-3-9(4-6-10)11-7-14-16-12(13)15-11/h3-8H,1-2H3,(H2,13,15,16). The third-order valence-electron chi connectivity index (χ3n) is 2.67. The summed E-state index contributed by atoms with van der Waals surface area (Å²) in [6.45, 7) is 3.30. The Bertz CT molecular complexity index is 681. The van der Waals surface area contributed by atoms with Gasteiger partial charge in [-0.25, -0.2) is 13.4 Å². The van der Waals surface area contributed by atoms with E-state index in [9.17, 15) is 8.42 Å². The summed E-state index contributed by atoms with van der Waals surface area (Å²) in [5.74, 6) is 0.0800. The van der Waals surface area contributed by atoms with Crippen molar-refractivity contribution in [1.82, 2.24) is 15.2 Å². The number of hydrogen-bond donors (Lipinski definition) is 1. The van der Waals surface area contributed by atoms with Crippen molar-refractivity contribution in [2.45, 2.75) is 24.0 Å². The monoisotopic (exact) mass is 278 g/mol. The maximum Gasteiger partial charge on any atom is 0.240 e. The van der Waals surface area contributed by atoms with Gasteiger partial charge in [-0.1, -0.05) is 12.1 Å². The van der Waals surface area contributed by atoms with E-state index in [0.29, 0.717) is 10.6 Å². The van der Waals surface area contributed by atoms with Crippen molar-refractivity contribution in [3.8, 4) is 11.3 Å². The molecule has 0 aliphatic rings. The first-order valence-electron chi connectivity index (χ1n) is 5.71. The van der Waals surface area contributed by atoms with E-state index in [1.807, 2.05) is 0 Å². The van der Waals surface area contributed by atoms with Crippen molar-refractivity contribution < 1.29 is 8.42 Å². The van der Waals surface area contributed by atoms with Gasteiger partial charge in [0, 0.05) is 5.56 Å². The van der Waals surface area contributed by atoms with Crippen molar-refractivity contribution in [2.75, 3.05) is 5.73 Å². The molecule has 19 heavy (non-hydrogen) atoms. The van der Waals surface area contributed by atoms with Gasteiger partial charge >= 0.3 is 0 Å². The summed E-state index contributed by atoms with van der Waals surface area (Å²) in [6.07, 6.45) is 1.47. The molecule has 7 heteroatoms. The van der Waals surface area contributed by atoms with Gasteiger partial charge in [-0.2, -0.15) is 5.10 Å². The predicted molar refractivity (Wildman–Crippen MR) is 72.0 cm³/mol. The first-order valence-corrected chi connectivity index (χ1v) is 7.25. The minimum absolute atomic E-state index is 0.0800. The molecule has 1 aromatic carbocycles. The lowest BCUT2D eigenvalue weighted by Crippen LogP contribution is -2.13. The second-order valence-corrected chi connectivity index (χ2v) is 6.82. The molecule has 6 nitrogen and oxygen atoms in total. The molecule has 0 unspecified atom stereocenters. The van der Waals surface area contributed by atoms with Crippen molar-refractivity contribution >= 4 is 15.8 Å². The molecular weight excluding hydrogens is 264 g/mol. The lowest BCUT2D eigenvalue weighted by molar-refractivity contribution is 0.587. The Morgan fingerprint density at radius 3 is 2.32 bits per heavy atom. The topological polar surface area (TPSA) is 98.8 Å². The molecule has 0 atom stereocenters. The highest BCUT2D eigenvalue weighted by Gasteiger charge is 2.18. The zero-order valence-electron chi connectivity index (χ0n) is 10.6. The summed E-state index contributed by atoms with van der Waals surface area (Å²) >= 11 is 0. The number of aromatic nitrogens is 3. The average Bonchev–Trinajstić information content (AvgIpc) is 2.38. The molecule has 1 aromatic heterocycles. The van der Waals surface area contributed by atoms with Crippen LogP contribution >= 0.6 is 0 Å². The first-order chi connectivity index (χ1) is 8.91. The number of sulfone groups is 1. The largest absolute Gasteiger partial charge is 0.366 e. The number of nitrogen functional groups attached to an aromatic ring is 1. The molecule has 0 spiro atoms. The molecule has 2 rings (SSSR count). The molecule has 0 fully saturated rings. The van der Waals surface area contributed by atoms with Crippen LogP contribution in [-0.2, 0) is 9.84 Å². The Kier molecular flexibility index (Phi) is 3.48. The molecule has 0 aliphatic carbocycles. The number of benzene rings is 1. The third-order valence-corrected chi connectivity index (χ3v) is 4.84. The molecule has 2 aromatic rings. The summed E-state index contributed by atoms with van der Waals surface area (Å²) in [4.78, 5) is 4.32. The summed E-state index contributed by atoms with van der Waals surface area (Å²) in [5.41, 5.74) is 6.75. The minimum Gasteiger partial charge on any atom is -0.366 e. The summed E-state index contributed by atoms with van der Waals surface area (Å²) in [5, 5.41) is 6.82. The molecular formula is C12H14N4O2S. The Hall–Kier alpha value is -2.02. The van der Waals surface area contributed by atoms with Crippen LogP contribution in [0.25, 0.3) is 11.3 Å². The Morgan fingerprint density at radius 2 is 1.79 bits per heavy atom. The van der Waals surface area contributed by atoms with Gasteiger partial charge in [-0.15, -0.1) is 5.10 Å². The van der Waals surface area contributed by atoms with Gasteiger partial charge in [0.15, 0.2) is 9.84 Å². The van der Waals surface area contributed by atoms with Crippen LogP contribution in [0.5, 0.6) is 0 Å². The first kappa shape index (κ1) is 13.4. The van der Waals surface area contributed by atoms with Crippen LogP contribution in [0.3, 0.4) is 0 Å². The van der Waals surface area contributed by atoms with Crippen LogP contribution in [0.1, 0.15) is 13.8 Å². The van der Waals surface area contributed by atoms with Crippen LogP contribution in [0.4, 0.5) is 5.95 Å². The van der Waals surface area contributed by atoms with E-state index in [-0.39, 0.29) is 5.95 Å². The third kappa shape index (κ3) is 2.70. The Morgan fingerprint density at radius 1 is 1.16 bits per heavy atom. The van der Waals surface area contributed by atoms with Crippen molar-refractivity contribution in [3.63, 3.8) is 0 Å². The molecule has 0 saturated carbocycles. The highest BCUT2D eigenvalue weighted by atomic mass is 32.2. The van der Waals surface area contributed by atoms with Gasteiger partial charge in [0.1, 0.15) is 0 Å². The van der Waals surface area contributed by atoms with E-state index in [2.05, 4.69) is 15.2 Å². The summed E-state index contributed by atoms with van der Waals surface area (Å²) in [6, 6.07) is 6.48. The zero-order valence-corrected chi connectivity index (χ0v) is 11.4. The van der Waals surface area contributed by atoms with Gasteiger partial charge in [0.25, 0.3) is 0 Å². The minimum atomic E-state index is -3.26. The maximum absolute atomic E-state index is 12.0. The Balaban J connectivity index is 2.39. The molecule has 2 N–H and O–H groups in total. The second kappa shape index (κ2) is 4.93. The molecule has 0 amide bonds. The number of nitrogens with zero attached hydrogens (tertiary/aromatic N) is 3. The van der Waals surface area contributed by atoms with Gasteiger partial charge in [-0.3, -0.25) is 0 Å². The molecule has 0 radical (unpaired) electrons. The number of hydrogen-bond acceptors (Lipinski definition) is 6. The van der Waals surface area contributed by atoms with Crippen molar-refractivity contribution in [1.29, 1.82) is 0 Å². The molecule has 0 bridgehead atoms. The van der Waals surface area contributed by atoms with E-state index < -0.39 is 15.1 Å². The van der Waals surface area contributed by atoms with Gasteiger partial charge in [0.05, 0.1) is 22.0 Å². The van der Waals surface area contributed by atoms with Crippen LogP contribution in [-0.4, -0.2) is 28.8 Å². The highest BCUT2D eigenvalue weighted by molar-refractivity contribution is 7.92. The highest BCUT2D eigenvalue weighted by Crippen LogP contribution is 2.21. The molecule has 1 heterocycles. The Labute approximate surface area is 111 Å². The van der Waals surface area contributed by atoms with Crippen molar-refractivity contribution in [2.24, 2.45) is 0 Å². The van der Waals surface area contributed by atoms with E-state index in [1.165, 1.54) is 6.20 Å². The zero-order chi connectivity index (χ0) is 14.0. The van der Waals surface area contributed by atoms with Gasteiger partial charge in [-0.05, 0) is 26.0 Å². The SMILES string of the molecule is CC(C)S(=O)(=O)c1ccc(-c2cnnc(N)n2)cc1. The van der Waals surface area contributed by atoms with Crippen LogP contribution < -0.4 is 5.73 Å². The average molecular weight is 278 g/mol. The van der Waals surface area contributed by atoms with Crippen LogP contribution in [0.15, 0.2) is 35.4 Å². The molecule has 100 valence electrons. The lowest BCUT2D eigenvalue weighted by Gasteiger charge is -2.08. The summed E-state index contributed by atoms with van der Waals surface area (Å²) < 4.78 is 24.0. The second-order valence-electron chi connectivity index (χ2n) is 4.32. The fraction of sp³-hybridized carbons (Fsp3) is 0.250. The van der Waals surface area contributed by atoms with Gasteiger partial charge in [0.2, 0.25) is 5.95 Å². The molecule has 0 saturated heterocycles. The van der Waals surface area contributed by atoms with E-state index in [1.54, 1.807) is 38.1 Å². The smallest absolute Gasteiger partial charge is 0.240 e. The van der Waals surface area contributed by atoms with Gasteiger partial charge < -0.3 is 5.73 Å². The van der Waals surface area contributed by atoms with Crippen molar-refractivity contribution in [3.05, 3.63) is 30.5 Å². The van der Waals surface area contributed by atoms with Crippen LogP contribution in [0.2, 0.25) is 0 Å². The lowest BCUT2D eigenvalue weighted by atomic mass is 10.2. The van der Waals surface area contributed by atoms with E-state index >= 15 is 0 Å². The summed E-state index contributed by atoms with van der Waals surface area (Å²) in [7, 11) is -3.26.